The summed E-state index contributed by atoms with van der Waals surface area (Å²) in [5.41, 5.74) is 0. The third-order valence-corrected chi connectivity index (χ3v) is 6.95. The van der Waals surface area contributed by atoms with E-state index in [1.807, 2.05) is 0 Å². The Kier molecular flexibility index (Phi) is 22.3. The van der Waals surface area contributed by atoms with Gasteiger partial charge in [0.1, 0.15) is 0 Å². The molecule has 0 aliphatic rings. The molecule has 0 amide bonds. The molecule has 0 saturated carbocycles. The Morgan fingerprint density at radius 2 is 0.972 bits per heavy atom. The average molecular weight is 512 g/mol. The fourth-order valence-electron chi connectivity index (χ4n) is 4.88. The Morgan fingerprint density at radius 1 is 0.583 bits per heavy atom. The number of quaternary nitrogens is 1. The molecule has 0 atom stereocenters. The summed E-state index contributed by atoms with van der Waals surface area (Å²) in [5.74, 6) is -2.75. The maximum Gasteiger partial charge on any atom is 0.303 e. The first-order valence-corrected chi connectivity index (χ1v) is 14.4. The van der Waals surface area contributed by atoms with Gasteiger partial charge in [-0.1, -0.05) is 64.0 Å². The van der Waals surface area contributed by atoms with Gasteiger partial charge in [-0.25, -0.2) is 0 Å². The van der Waals surface area contributed by atoms with Crippen LogP contribution in [0.25, 0.3) is 0 Å². The van der Waals surface area contributed by atoms with Crippen molar-refractivity contribution in [2.75, 3.05) is 26.2 Å². The summed E-state index contributed by atoms with van der Waals surface area (Å²) < 4.78 is 0.610. The number of aliphatic carboxylic acids is 3. The van der Waals surface area contributed by atoms with E-state index in [1.54, 1.807) is 0 Å². The highest BCUT2D eigenvalue weighted by Crippen LogP contribution is 2.18. The predicted octanol–water partition coefficient (Wildman–Crippen LogP) is 5.71. The lowest BCUT2D eigenvalue weighted by molar-refractivity contribution is -0.929. The predicted molar refractivity (Wildman–Crippen MR) is 143 cm³/mol. The van der Waals surface area contributed by atoms with Crippen LogP contribution < -0.4 is 5.11 Å². The molecule has 7 nitrogen and oxygen atoms in total. The third-order valence-electron chi connectivity index (χ3n) is 6.95. The lowest BCUT2D eigenvalue weighted by atomic mass is 10.1. The van der Waals surface area contributed by atoms with Crippen LogP contribution in [0.1, 0.15) is 129 Å². The first kappa shape index (κ1) is 34.1. The van der Waals surface area contributed by atoms with Crippen LogP contribution >= 0.6 is 0 Å². The number of unbranched alkanes of at least 4 members (excludes halogenated alkanes) is 11. The Labute approximate surface area is 219 Å². The van der Waals surface area contributed by atoms with Crippen molar-refractivity contribution in [3.8, 4) is 0 Å². The van der Waals surface area contributed by atoms with E-state index in [9.17, 15) is 19.5 Å². The summed E-state index contributed by atoms with van der Waals surface area (Å²) in [6.45, 7) is 4.99. The lowest BCUT2D eigenvalue weighted by Crippen LogP contribution is -2.51. The maximum atomic E-state index is 11.0. The zero-order valence-electron chi connectivity index (χ0n) is 22.9. The molecule has 0 rings (SSSR count). The molecular formula is C29H53NO6. The van der Waals surface area contributed by atoms with Crippen molar-refractivity contribution in [1.82, 2.24) is 0 Å². The molecule has 0 aromatic carbocycles. The van der Waals surface area contributed by atoms with Gasteiger partial charge in [-0.05, 0) is 44.9 Å². The SMILES string of the molecule is CCCCCC/C=C/CCCCCCCCC[N+](CCCC(=O)[O-])(CCCC(=O)O)CCCC(=O)O. The highest BCUT2D eigenvalue weighted by molar-refractivity contribution is 5.66. The summed E-state index contributed by atoms with van der Waals surface area (Å²) in [7, 11) is 0. The number of carboxylic acid groups (broad SMARTS) is 3. The first-order valence-electron chi connectivity index (χ1n) is 14.4. The van der Waals surface area contributed by atoms with Gasteiger partial charge in [-0.15, -0.1) is 0 Å². The molecule has 0 fully saturated rings. The van der Waals surface area contributed by atoms with Crippen LogP contribution in [-0.4, -0.2) is 58.8 Å². The van der Waals surface area contributed by atoms with E-state index >= 15 is 0 Å². The molecule has 0 aliphatic heterocycles. The summed E-state index contributed by atoms with van der Waals surface area (Å²) in [4.78, 5) is 33.0. The van der Waals surface area contributed by atoms with Crippen molar-refractivity contribution in [1.29, 1.82) is 0 Å². The van der Waals surface area contributed by atoms with Gasteiger partial charge >= 0.3 is 11.9 Å². The van der Waals surface area contributed by atoms with E-state index in [1.165, 1.54) is 64.2 Å². The summed E-state index contributed by atoms with van der Waals surface area (Å²) in [6, 6.07) is 0. The third kappa shape index (κ3) is 22.6. The summed E-state index contributed by atoms with van der Waals surface area (Å²) in [6.07, 6.45) is 22.2. The van der Waals surface area contributed by atoms with Crippen LogP contribution in [0.5, 0.6) is 0 Å². The Hall–Kier alpha value is -1.89. The van der Waals surface area contributed by atoms with E-state index in [2.05, 4.69) is 19.1 Å². The van der Waals surface area contributed by atoms with Crippen molar-refractivity contribution in [2.24, 2.45) is 0 Å². The van der Waals surface area contributed by atoms with Gasteiger partial charge in [0.05, 0.1) is 39.0 Å². The second-order valence-electron chi connectivity index (χ2n) is 10.3. The van der Waals surface area contributed by atoms with Gasteiger partial charge in [-0.2, -0.15) is 0 Å². The molecule has 0 radical (unpaired) electrons. The number of carbonyl (C=O) groups is 3. The standard InChI is InChI=1S/C29H53NO6/c1-2-3-4-5-6-7-8-9-10-11-12-13-14-15-16-23-30(24-17-20-27(31)32,25-18-21-28(33)34)26-19-22-29(35)36/h7-8H,2-6,9-26H2,1H3,(H2-,31,32,33,34,35,36)/b8-7+. The van der Waals surface area contributed by atoms with Crippen LogP contribution in [0.2, 0.25) is 0 Å². The van der Waals surface area contributed by atoms with Gasteiger partial charge in [0.2, 0.25) is 0 Å². The molecule has 0 aliphatic carbocycles. The summed E-state index contributed by atoms with van der Waals surface area (Å²) >= 11 is 0. The highest BCUT2D eigenvalue weighted by atomic mass is 16.4. The van der Waals surface area contributed by atoms with E-state index in [-0.39, 0.29) is 19.3 Å². The van der Waals surface area contributed by atoms with Crippen LogP contribution in [0, 0.1) is 0 Å². The van der Waals surface area contributed by atoms with Crippen LogP contribution in [0.3, 0.4) is 0 Å². The maximum absolute atomic E-state index is 11.0. The van der Waals surface area contributed by atoms with Crippen LogP contribution in [0.4, 0.5) is 0 Å². The minimum Gasteiger partial charge on any atom is -0.550 e. The normalized spacial score (nSPS) is 11.8. The van der Waals surface area contributed by atoms with Crippen LogP contribution in [-0.2, 0) is 14.4 Å². The lowest BCUT2D eigenvalue weighted by Gasteiger charge is -2.39. The molecule has 0 spiro atoms. The summed E-state index contributed by atoms with van der Waals surface area (Å²) in [5, 5.41) is 29.0. The van der Waals surface area contributed by atoms with Crippen molar-refractivity contribution >= 4 is 17.9 Å². The Balaban J connectivity index is 4.35. The van der Waals surface area contributed by atoms with E-state index in [0.29, 0.717) is 43.4 Å². The van der Waals surface area contributed by atoms with Gasteiger partial charge in [-0.3, -0.25) is 9.59 Å². The molecule has 0 aromatic rings. The number of hydrogen-bond donors (Lipinski definition) is 2. The highest BCUT2D eigenvalue weighted by Gasteiger charge is 2.26. The van der Waals surface area contributed by atoms with E-state index in [4.69, 9.17) is 10.2 Å². The number of nitrogens with zero attached hydrogens (tertiary/aromatic N) is 1. The second kappa shape index (κ2) is 23.5. The van der Waals surface area contributed by atoms with Crippen molar-refractivity contribution < 1.29 is 34.2 Å². The van der Waals surface area contributed by atoms with Gasteiger partial charge in [0, 0.05) is 25.2 Å². The molecule has 0 bridgehead atoms. The number of rotatable bonds is 27. The van der Waals surface area contributed by atoms with Crippen molar-refractivity contribution in [3.63, 3.8) is 0 Å². The zero-order chi connectivity index (χ0) is 26.9. The smallest absolute Gasteiger partial charge is 0.303 e. The number of carboxylic acids is 3. The molecule has 2 N–H and O–H groups in total. The number of carbonyl (C=O) groups excluding carboxylic acids is 1. The van der Waals surface area contributed by atoms with Gasteiger partial charge in [0.25, 0.3) is 0 Å². The average Bonchev–Trinajstić information content (AvgIpc) is 2.80. The van der Waals surface area contributed by atoms with Crippen LogP contribution in [0.15, 0.2) is 12.2 Å². The van der Waals surface area contributed by atoms with E-state index in [0.717, 1.165) is 25.8 Å². The van der Waals surface area contributed by atoms with Crippen molar-refractivity contribution in [2.45, 2.75) is 129 Å². The fraction of sp³-hybridized carbons (Fsp3) is 0.828. The molecule has 0 aromatic heterocycles. The Morgan fingerprint density at radius 3 is 1.42 bits per heavy atom. The second-order valence-corrected chi connectivity index (χ2v) is 10.3. The quantitative estimate of drug-likeness (QED) is 0.0829. The zero-order valence-corrected chi connectivity index (χ0v) is 22.9. The van der Waals surface area contributed by atoms with Gasteiger partial charge < -0.3 is 24.6 Å². The minimum absolute atomic E-state index is 0.0219. The molecule has 36 heavy (non-hydrogen) atoms. The molecule has 0 unspecified atom stereocenters. The molecule has 210 valence electrons. The molecule has 0 saturated heterocycles. The minimum atomic E-state index is -1.08. The van der Waals surface area contributed by atoms with Crippen molar-refractivity contribution in [3.05, 3.63) is 12.2 Å². The first-order chi connectivity index (χ1) is 17.3. The van der Waals surface area contributed by atoms with Gasteiger partial charge in [0.15, 0.2) is 0 Å². The Bertz CT molecular complexity index is 554. The fourth-order valence-corrected chi connectivity index (χ4v) is 4.88. The molecular weight excluding hydrogens is 458 g/mol. The van der Waals surface area contributed by atoms with E-state index < -0.39 is 17.9 Å². The molecule has 0 heterocycles. The monoisotopic (exact) mass is 511 g/mol. The topological polar surface area (TPSA) is 115 Å². The largest absolute Gasteiger partial charge is 0.550 e. The molecule has 7 heteroatoms. The number of allylic oxidation sites excluding steroid dienone is 2. The number of hydrogen-bond acceptors (Lipinski definition) is 4.